The van der Waals surface area contributed by atoms with E-state index in [2.05, 4.69) is 15.4 Å². The largest absolute Gasteiger partial charge is 0.396 e. The minimum Gasteiger partial charge on any atom is -0.396 e. The SMILES string of the molecule is Cc1n[nH]nc1C(=O)N1CCO[C@H]2C[C@H](CO)C[C@@H]21. The van der Waals surface area contributed by atoms with Crippen molar-refractivity contribution in [2.24, 2.45) is 5.92 Å². The van der Waals surface area contributed by atoms with Crippen LogP contribution >= 0.6 is 0 Å². The van der Waals surface area contributed by atoms with Crippen LogP contribution in [0.2, 0.25) is 0 Å². The van der Waals surface area contributed by atoms with Crippen molar-refractivity contribution in [2.75, 3.05) is 19.8 Å². The lowest BCUT2D eigenvalue weighted by molar-refractivity contribution is -0.0451. The Morgan fingerprint density at radius 1 is 1.53 bits per heavy atom. The molecule has 2 N–H and O–H groups in total. The predicted molar refractivity (Wildman–Crippen MR) is 65.5 cm³/mol. The van der Waals surface area contributed by atoms with E-state index in [9.17, 15) is 9.90 Å². The zero-order valence-corrected chi connectivity index (χ0v) is 10.9. The molecule has 0 aromatic carbocycles. The number of aliphatic hydroxyl groups is 1. The van der Waals surface area contributed by atoms with E-state index in [0.29, 0.717) is 24.5 Å². The smallest absolute Gasteiger partial charge is 0.276 e. The van der Waals surface area contributed by atoms with Crippen LogP contribution in [0.15, 0.2) is 0 Å². The molecular formula is C12H18N4O3. The van der Waals surface area contributed by atoms with E-state index in [1.807, 2.05) is 4.90 Å². The van der Waals surface area contributed by atoms with Gasteiger partial charge in [0.15, 0.2) is 5.69 Å². The van der Waals surface area contributed by atoms with Gasteiger partial charge in [-0.3, -0.25) is 4.79 Å². The number of nitrogens with zero attached hydrogens (tertiary/aromatic N) is 3. The highest BCUT2D eigenvalue weighted by Gasteiger charge is 2.43. The van der Waals surface area contributed by atoms with Crippen LogP contribution in [0.4, 0.5) is 0 Å². The Morgan fingerprint density at radius 2 is 2.37 bits per heavy atom. The van der Waals surface area contributed by atoms with Gasteiger partial charge in [-0.25, -0.2) is 0 Å². The molecule has 7 nitrogen and oxygen atoms in total. The van der Waals surface area contributed by atoms with Gasteiger partial charge >= 0.3 is 0 Å². The highest BCUT2D eigenvalue weighted by atomic mass is 16.5. The summed E-state index contributed by atoms with van der Waals surface area (Å²) >= 11 is 0. The van der Waals surface area contributed by atoms with Crippen molar-refractivity contribution in [1.82, 2.24) is 20.3 Å². The second-order valence-corrected chi connectivity index (χ2v) is 5.25. The fourth-order valence-electron chi connectivity index (χ4n) is 3.07. The molecule has 2 heterocycles. The zero-order valence-electron chi connectivity index (χ0n) is 10.9. The number of hydrogen-bond acceptors (Lipinski definition) is 5. The molecule has 2 aliphatic rings. The maximum atomic E-state index is 12.5. The second-order valence-electron chi connectivity index (χ2n) is 5.25. The van der Waals surface area contributed by atoms with E-state index >= 15 is 0 Å². The van der Waals surface area contributed by atoms with Crippen LogP contribution < -0.4 is 0 Å². The fraction of sp³-hybridized carbons (Fsp3) is 0.750. The van der Waals surface area contributed by atoms with Crippen molar-refractivity contribution in [1.29, 1.82) is 0 Å². The van der Waals surface area contributed by atoms with Gasteiger partial charge in [-0.2, -0.15) is 15.4 Å². The molecule has 0 spiro atoms. The Bertz CT molecular complexity index is 475. The number of rotatable bonds is 2. The minimum atomic E-state index is -0.0943. The van der Waals surface area contributed by atoms with Crippen molar-refractivity contribution < 1.29 is 14.6 Å². The first kappa shape index (κ1) is 12.6. The number of amides is 1. The molecule has 1 amide bonds. The Morgan fingerprint density at radius 3 is 3.05 bits per heavy atom. The maximum Gasteiger partial charge on any atom is 0.276 e. The maximum absolute atomic E-state index is 12.5. The molecule has 1 aliphatic carbocycles. The van der Waals surface area contributed by atoms with Crippen molar-refractivity contribution >= 4 is 5.91 Å². The molecule has 2 fully saturated rings. The van der Waals surface area contributed by atoms with E-state index < -0.39 is 0 Å². The summed E-state index contributed by atoms with van der Waals surface area (Å²) in [6, 6.07) is 0.0505. The van der Waals surface area contributed by atoms with Crippen LogP contribution in [0, 0.1) is 12.8 Å². The number of carbonyl (C=O) groups excluding carboxylic acids is 1. The molecule has 1 aliphatic heterocycles. The zero-order chi connectivity index (χ0) is 13.4. The highest BCUT2D eigenvalue weighted by molar-refractivity contribution is 5.93. The molecule has 0 bridgehead atoms. The molecule has 1 saturated carbocycles. The molecule has 104 valence electrons. The van der Waals surface area contributed by atoms with Gasteiger partial charge in [-0.1, -0.05) is 0 Å². The summed E-state index contributed by atoms with van der Waals surface area (Å²) in [5.41, 5.74) is 0.998. The van der Waals surface area contributed by atoms with Crippen LogP contribution in [0.1, 0.15) is 29.0 Å². The number of aryl methyl sites for hydroxylation is 1. The normalized spacial score (nSPS) is 30.4. The second kappa shape index (κ2) is 4.90. The first-order valence-corrected chi connectivity index (χ1v) is 6.61. The quantitative estimate of drug-likeness (QED) is 0.768. The van der Waals surface area contributed by atoms with Crippen LogP contribution in [0.25, 0.3) is 0 Å². The average molecular weight is 266 g/mol. The van der Waals surface area contributed by atoms with Crippen LogP contribution in [-0.4, -0.2) is 63.2 Å². The van der Waals surface area contributed by atoms with Gasteiger partial charge in [-0.15, -0.1) is 0 Å². The minimum absolute atomic E-state index is 0.0436. The molecule has 7 heteroatoms. The third-order valence-corrected chi connectivity index (χ3v) is 4.08. The summed E-state index contributed by atoms with van der Waals surface area (Å²) in [6.07, 6.45) is 1.66. The standard InChI is InChI=1S/C12H18N4O3/c1-7-11(14-15-13-7)12(18)16-2-3-19-10-5-8(6-17)4-9(10)16/h8-10,17H,2-6H2,1H3,(H,13,14,15)/t8-,9+,10+/m1/s1. The number of aliphatic hydroxyl groups excluding tert-OH is 1. The molecule has 19 heavy (non-hydrogen) atoms. The summed E-state index contributed by atoms with van der Waals surface area (Å²) in [5, 5.41) is 19.6. The van der Waals surface area contributed by atoms with Gasteiger partial charge in [0, 0.05) is 13.2 Å². The van der Waals surface area contributed by atoms with Crippen LogP contribution in [-0.2, 0) is 4.74 Å². The van der Waals surface area contributed by atoms with Crippen LogP contribution in [0.3, 0.4) is 0 Å². The molecule has 0 unspecified atom stereocenters. The monoisotopic (exact) mass is 266 g/mol. The van der Waals surface area contributed by atoms with E-state index in [-0.39, 0.29) is 30.6 Å². The number of aromatic amines is 1. The Labute approximate surface area is 110 Å². The van der Waals surface area contributed by atoms with Gasteiger partial charge in [0.1, 0.15) is 0 Å². The van der Waals surface area contributed by atoms with Gasteiger partial charge in [-0.05, 0) is 25.7 Å². The topological polar surface area (TPSA) is 91.3 Å². The summed E-state index contributed by atoms with van der Waals surface area (Å²) in [7, 11) is 0. The average Bonchev–Trinajstić information content (AvgIpc) is 3.02. The number of aromatic nitrogens is 3. The van der Waals surface area contributed by atoms with Gasteiger partial charge < -0.3 is 14.7 Å². The van der Waals surface area contributed by atoms with E-state index in [4.69, 9.17) is 4.74 Å². The third-order valence-electron chi connectivity index (χ3n) is 4.08. The molecule has 0 radical (unpaired) electrons. The number of carbonyl (C=O) groups is 1. The van der Waals surface area contributed by atoms with Crippen molar-refractivity contribution in [3.8, 4) is 0 Å². The van der Waals surface area contributed by atoms with Gasteiger partial charge in [0.05, 0.1) is 24.4 Å². The van der Waals surface area contributed by atoms with Crippen molar-refractivity contribution in [2.45, 2.75) is 31.9 Å². The lowest BCUT2D eigenvalue weighted by Gasteiger charge is -2.37. The number of fused-ring (bicyclic) bond motifs is 1. The summed E-state index contributed by atoms with van der Waals surface area (Å²) in [5.74, 6) is 0.130. The first-order valence-electron chi connectivity index (χ1n) is 6.61. The highest BCUT2D eigenvalue weighted by Crippen LogP contribution is 2.34. The molecule has 3 atom stereocenters. The Kier molecular flexibility index (Phi) is 3.24. The number of H-pyrrole nitrogens is 1. The summed E-state index contributed by atoms with van der Waals surface area (Å²) in [4.78, 5) is 14.3. The molecule has 1 aromatic heterocycles. The number of nitrogens with one attached hydrogen (secondary N) is 1. The molecule has 3 rings (SSSR count). The fourth-order valence-corrected chi connectivity index (χ4v) is 3.07. The van der Waals surface area contributed by atoms with Crippen molar-refractivity contribution in [3.63, 3.8) is 0 Å². The predicted octanol–water partition coefficient (Wildman–Crippen LogP) is -0.275. The van der Waals surface area contributed by atoms with Crippen LogP contribution in [0.5, 0.6) is 0 Å². The number of hydrogen-bond donors (Lipinski definition) is 2. The summed E-state index contributed by atoms with van der Waals surface area (Å²) in [6.45, 7) is 3.04. The lowest BCUT2D eigenvalue weighted by atomic mass is 10.1. The summed E-state index contributed by atoms with van der Waals surface area (Å²) < 4.78 is 5.71. The number of morpholine rings is 1. The first-order chi connectivity index (χ1) is 9.20. The van der Waals surface area contributed by atoms with E-state index in [0.717, 1.165) is 12.8 Å². The van der Waals surface area contributed by atoms with Crippen molar-refractivity contribution in [3.05, 3.63) is 11.4 Å². The molecule has 1 saturated heterocycles. The molecule has 1 aromatic rings. The van der Waals surface area contributed by atoms with Gasteiger partial charge in [0.25, 0.3) is 5.91 Å². The Balaban J connectivity index is 1.80. The Hall–Kier alpha value is -1.47. The van der Waals surface area contributed by atoms with Gasteiger partial charge in [0.2, 0.25) is 0 Å². The lowest BCUT2D eigenvalue weighted by Crippen LogP contribution is -2.51. The number of ether oxygens (including phenoxy) is 1. The van der Waals surface area contributed by atoms with E-state index in [1.165, 1.54) is 0 Å². The molecular weight excluding hydrogens is 248 g/mol. The van der Waals surface area contributed by atoms with E-state index in [1.54, 1.807) is 6.92 Å². The third kappa shape index (κ3) is 2.12.